The van der Waals surface area contributed by atoms with Gasteiger partial charge in [0.25, 0.3) is 0 Å². The number of hydrogen-bond donors (Lipinski definition) is 1. The van der Waals surface area contributed by atoms with Crippen molar-refractivity contribution >= 4 is 12.1 Å². The second-order valence-electron chi connectivity index (χ2n) is 4.34. The van der Waals surface area contributed by atoms with Crippen LogP contribution in [0, 0.1) is 0 Å². The second-order valence-corrected chi connectivity index (χ2v) is 4.34. The van der Waals surface area contributed by atoms with E-state index in [0.29, 0.717) is 0 Å². The Morgan fingerprint density at radius 1 is 1.59 bits per heavy atom. The zero-order chi connectivity index (χ0) is 12.5. The lowest BCUT2D eigenvalue weighted by atomic mass is 10.1. The number of carboxylic acid groups (broad SMARTS) is 1. The Morgan fingerprint density at radius 2 is 2.29 bits per heavy atom. The molecular formula is C11H15NO5. The van der Waals surface area contributed by atoms with E-state index in [1.165, 1.54) is 11.0 Å². The van der Waals surface area contributed by atoms with Crippen LogP contribution in [0.4, 0.5) is 4.79 Å². The lowest BCUT2D eigenvalue weighted by Gasteiger charge is -2.37. The SMILES string of the molecule is C=CCOC(=O)N1CC(C(=O)O)OCC12CC2. The average molecular weight is 241 g/mol. The van der Waals surface area contributed by atoms with Gasteiger partial charge in [-0.3, -0.25) is 4.90 Å². The average Bonchev–Trinajstić information content (AvgIpc) is 3.06. The Morgan fingerprint density at radius 3 is 2.82 bits per heavy atom. The molecule has 0 radical (unpaired) electrons. The molecule has 17 heavy (non-hydrogen) atoms. The lowest BCUT2D eigenvalue weighted by molar-refractivity contribution is -0.159. The van der Waals surface area contributed by atoms with E-state index >= 15 is 0 Å². The highest BCUT2D eigenvalue weighted by atomic mass is 16.6. The molecule has 1 amide bonds. The molecule has 1 N–H and O–H groups in total. The zero-order valence-electron chi connectivity index (χ0n) is 9.42. The molecule has 6 heteroatoms. The highest BCUT2D eigenvalue weighted by Gasteiger charge is 2.55. The summed E-state index contributed by atoms with van der Waals surface area (Å²) in [5.41, 5.74) is -0.329. The molecule has 6 nitrogen and oxygen atoms in total. The van der Waals surface area contributed by atoms with Crippen LogP contribution in [-0.2, 0) is 14.3 Å². The summed E-state index contributed by atoms with van der Waals surface area (Å²) in [6.07, 6.45) is 1.70. The molecule has 1 unspecified atom stereocenters. The number of rotatable bonds is 3. The molecule has 1 saturated heterocycles. The molecule has 1 saturated carbocycles. The molecule has 0 aromatic carbocycles. The number of carbonyl (C=O) groups is 2. The Labute approximate surface area is 98.8 Å². The summed E-state index contributed by atoms with van der Waals surface area (Å²) in [6, 6.07) is 0. The molecule has 0 bridgehead atoms. The van der Waals surface area contributed by atoms with Gasteiger partial charge in [0.1, 0.15) is 6.61 Å². The maximum atomic E-state index is 11.8. The topological polar surface area (TPSA) is 76.1 Å². The van der Waals surface area contributed by atoms with Gasteiger partial charge in [0.05, 0.1) is 18.7 Å². The van der Waals surface area contributed by atoms with Crippen LogP contribution in [0.25, 0.3) is 0 Å². The first-order valence-electron chi connectivity index (χ1n) is 5.49. The Balaban J connectivity index is 2.03. The van der Waals surface area contributed by atoms with Crippen LogP contribution in [0.1, 0.15) is 12.8 Å². The number of morpholine rings is 1. The highest BCUT2D eigenvalue weighted by molar-refractivity contribution is 5.75. The molecule has 1 heterocycles. The van der Waals surface area contributed by atoms with Crippen molar-refractivity contribution in [2.75, 3.05) is 19.8 Å². The van der Waals surface area contributed by atoms with E-state index in [4.69, 9.17) is 14.6 Å². The Kier molecular flexibility index (Phi) is 3.06. The maximum absolute atomic E-state index is 11.8. The predicted octanol–water partition coefficient (Wildman–Crippen LogP) is 0.627. The molecule has 1 aliphatic carbocycles. The third-order valence-electron chi connectivity index (χ3n) is 3.12. The lowest BCUT2D eigenvalue weighted by Crippen LogP contribution is -2.56. The second kappa shape index (κ2) is 4.37. The number of nitrogens with zero attached hydrogens (tertiary/aromatic N) is 1. The monoisotopic (exact) mass is 241 g/mol. The number of amides is 1. The molecule has 2 rings (SSSR count). The Hall–Kier alpha value is -1.56. The van der Waals surface area contributed by atoms with E-state index in [9.17, 15) is 9.59 Å². The van der Waals surface area contributed by atoms with Gasteiger partial charge >= 0.3 is 12.1 Å². The van der Waals surface area contributed by atoms with Gasteiger partial charge in [0, 0.05) is 0 Å². The number of aliphatic carboxylic acids is 1. The minimum atomic E-state index is -1.05. The van der Waals surface area contributed by atoms with Gasteiger partial charge in [-0.25, -0.2) is 9.59 Å². The van der Waals surface area contributed by atoms with Crippen molar-refractivity contribution in [1.82, 2.24) is 4.90 Å². The summed E-state index contributed by atoms with van der Waals surface area (Å²) in [4.78, 5) is 24.1. The molecular weight excluding hydrogens is 226 g/mol. The summed E-state index contributed by atoms with van der Waals surface area (Å²) in [7, 11) is 0. The van der Waals surface area contributed by atoms with E-state index in [2.05, 4.69) is 6.58 Å². The summed E-state index contributed by atoms with van der Waals surface area (Å²) in [5, 5.41) is 8.88. The van der Waals surface area contributed by atoms with Gasteiger partial charge < -0.3 is 14.6 Å². The first-order valence-corrected chi connectivity index (χ1v) is 5.49. The van der Waals surface area contributed by atoms with Crippen LogP contribution in [0.15, 0.2) is 12.7 Å². The van der Waals surface area contributed by atoms with Gasteiger partial charge in [0.2, 0.25) is 0 Å². The zero-order valence-corrected chi connectivity index (χ0v) is 9.42. The van der Waals surface area contributed by atoms with E-state index in [-0.39, 0.29) is 25.3 Å². The van der Waals surface area contributed by atoms with E-state index in [0.717, 1.165) is 12.8 Å². The summed E-state index contributed by atoms with van der Waals surface area (Å²) in [5.74, 6) is -1.05. The molecule has 2 aliphatic rings. The Bertz CT molecular complexity index is 350. The normalized spacial score (nSPS) is 25.4. The molecule has 1 aliphatic heterocycles. The molecule has 2 fully saturated rings. The number of carboxylic acids is 1. The van der Waals surface area contributed by atoms with E-state index in [1.54, 1.807) is 0 Å². The summed E-state index contributed by atoms with van der Waals surface area (Å²) in [6.45, 7) is 3.91. The number of ether oxygens (including phenoxy) is 2. The van der Waals surface area contributed by atoms with Crippen molar-refractivity contribution in [1.29, 1.82) is 0 Å². The number of carbonyl (C=O) groups excluding carboxylic acids is 1. The van der Waals surface area contributed by atoms with Crippen molar-refractivity contribution in [3.63, 3.8) is 0 Å². The van der Waals surface area contributed by atoms with Crippen LogP contribution >= 0.6 is 0 Å². The fourth-order valence-electron chi connectivity index (χ4n) is 1.93. The van der Waals surface area contributed by atoms with Crippen molar-refractivity contribution in [3.8, 4) is 0 Å². The van der Waals surface area contributed by atoms with Gasteiger partial charge in [-0.2, -0.15) is 0 Å². The van der Waals surface area contributed by atoms with Crippen LogP contribution < -0.4 is 0 Å². The van der Waals surface area contributed by atoms with Crippen molar-refractivity contribution in [2.24, 2.45) is 0 Å². The summed E-state index contributed by atoms with van der Waals surface area (Å²) < 4.78 is 10.2. The van der Waals surface area contributed by atoms with Crippen LogP contribution in [-0.4, -0.2) is 53.5 Å². The smallest absolute Gasteiger partial charge is 0.410 e. The first-order chi connectivity index (χ1) is 8.09. The minimum absolute atomic E-state index is 0.0469. The van der Waals surface area contributed by atoms with Gasteiger partial charge in [0.15, 0.2) is 6.10 Å². The molecule has 1 atom stereocenters. The minimum Gasteiger partial charge on any atom is -0.479 e. The van der Waals surface area contributed by atoms with Gasteiger partial charge in [-0.1, -0.05) is 12.7 Å². The standard InChI is InChI=1S/C11H15NO5/c1-2-5-16-10(15)12-6-8(9(13)14)17-7-11(12)3-4-11/h2,8H,1,3-7H2,(H,13,14). The van der Waals surface area contributed by atoms with Gasteiger partial charge in [-0.15, -0.1) is 0 Å². The molecule has 0 aromatic heterocycles. The fourth-order valence-corrected chi connectivity index (χ4v) is 1.93. The van der Waals surface area contributed by atoms with Crippen LogP contribution in [0.5, 0.6) is 0 Å². The third kappa shape index (κ3) is 2.26. The van der Waals surface area contributed by atoms with Crippen molar-refractivity contribution in [3.05, 3.63) is 12.7 Å². The summed E-state index contributed by atoms with van der Waals surface area (Å²) >= 11 is 0. The molecule has 0 aromatic rings. The van der Waals surface area contributed by atoms with Gasteiger partial charge in [-0.05, 0) is 12.8 Å². The predicted molar refractivity (Wildman–Crippen MR) is 57.6 cm³/mol. The van der Waals surface area contributed by atoms with Crippen LogP contribution in [0.2, 0.25) is 0 Å². The fraction of sp³-hybridized carbons (Fsp3) is 0.636. The van der Waals surface area contributed by atoms with Crippen LogP contribution in [0.3, 0.4) is 0 Å². The van der Waals surface area contributed by atoms with Crippen molar-refractivity contribution < 1.29 is 24.2 Å². The maximum Gasteiger partial charge on any atom is 0.410 e. The first kappa shape index (κ1) is 11.9. The highest BCUT2D eigenvalue weighted by Crippen LogP contribution is 2.44. The van der Waals surface area contributed by atoms with E-state index in [1.807, 2.05) is 0 Å². The number of hydrogen-bond acceptors (Lipinski definition) is 4. The third-order valence-corrected chi connectivity index (χ3v) is 3.12. The largest absolute Gasteiger partial charge is 0.479 e. The van der Waals surface area contributed by atoms with E-state index < -0.39 is 18.2 Å². The quantitative estimate of drug-likeness (QED) is 0.733. The molecule has 1 spiro atoms. The molecule has 94 valence electrons. The van der Waals surface area contributed by atoms with Crippen molar-refractivity contribution in [2.45, 2.75) is 24.5 Å².